The molecular formula is C17H20N6O3. The molecule has 9 heteroatoms. The fraction of sp³-hybridized carbons (Fsp3) is 0.294. The molecule has 1 aliphatic carbocycles. The first-order valence-electron chi connectivity index (χ1n) is 8.20. The van der Waals surface area contributed by atoms with Crippen LogP contribution >= 0.6 is 0 Å². The molecule has 1 aliphatic rings. The molecule has 1 aromatic carbocycles. The SMILES string of the molecule is Nc1nc(N[C@H]2CC[C@H](O)C2)c2ccc(-c3ccn[nH]3)cc2n1.O=CO. The molecule has 2 atom stereocenters. The normalized spacial score (nSPS) is 19.0. The van der Waals surface area contributed by atoms with E-state index in [0.29, 0.717) is 0 Å². The number of rotatable bonds is 3. The second kappa shape index (κ2) is 7.79. The average molecular weight is 356 g/mol. The van der Waals surface area contributed by atoms with Crippen molar-refractivity contribution in [2.75, 3.05) is 11.1 Å². The highest BCUT2D eigenvalue weighted by atomic mass is 16.3. The van der Waals surface area contributed by atoms with Gasteiger partial charge in [-0.2, -0.15) is 10.1 Å². The minimum Gasteiger partial charge on any atom is -0.483 e. The molecular weight excluding hydrogens is 336 g/mol. The molecule has 6 N–H and O–H groups in total. The van der Waals surface area contributed by atoms with E-state index in [0.717, 1.165) is 47.2 Å². The smallest absolute Gasteiger partial charge is 0.290 e. The minimum absolute atomic E-state index is 0.217. The van der Waals surface area contributed by atoms with Crippen molar-refractivity contribution in [3.05, 3.63) is 30.5 Å². The lowest BCUT2D eigenvalue weighted by Crippen LogP contribution is -2.18. The zero-order valence-corrected chi connectivity index (χ0v) is 14.0. The third kappa shape index (κ3) is 3.89. The van der Waals surface area contributed by atoms with Crippen LogP contribution in [0.3, 0.4) is 0 Å². The van der Waals surface area contributed by atoms with Gasteiger partial charge < -0.3 is 21.3 Å². The molecule has 2 aromatic heterocycles. The van der Waals surface area contributed by atoms with Gasteiger partial charge in [-0.1, -0.05) is 6.07 Å². The van der Waals surface area contributed by atoms with Gasteiger partial charge in [0.2, 0.25) is 5.95 Å². The Labute approximate surface area is 149 Å². The summed E-state index contributed by atoms with van der Waals surface area (Å²) >= 11 is 0. The summed E-state index contributed by atoms with van der Waals surface area (Å²) in [4.78, 5) is 17.0. The number of fused-ring (bicyclic) bond motifs is 1. The van der Waals surface area contributed by atoms with Crippen LogP contribution in [0.25, 0.3) is 22.2 Å². The number of aliphatic hydroxyl groups is 1. The Morgan fingerprint density at radius 1 is 1.27 bits per heavy atom. The van der Waals surface area contributed by atoms with E-state index >= 15 is 0 Å². The summed E-state index contributed by atoms with van der Waals surface area (Å²) in [5.41, 5.74) is 8.57. The number of benzene rings is 1. The predicted octanol–water partition coefficient (Wildman–Crippen LogP) is 1.63. The Morgan fingerprint density at radius 2 is 2.08 bits per heavy atom. The minimum atomic E-state index is -0.250. The number of anilines is 2. The number of aromatic nitrogens is 4. The fourth-order valence-corrected chi connectivity index (χ4v) is 3.12. The molecule has 0 unspecified atom stereocenters. The standard InChI is InChI=1S/C16H18N6O.CH2O2/c17-16-20-14-7-9(13-5-6-18-22-13)1-4-12(14)15(21-16)19-10-2-3-11(23)8-10;2-1-3/h1,4-7,10-11,23H,2-3,8H2,(H,18,22)(H3,17,19,20,21);1H,(H,2,3)/t10-,11-;/m0./s1. The van der Waals surface area contributed by atoms with Crippen molar-refractivity contribution in [1.29, 1.82) is 0 Å². The van der Waals surface area contributed by atoms with Crippen LogP contribution in [-0.2, 0) is 4.79 Å². The molecule has 0 bridgehead atoms. The van der Waals surface area contributed by atoms with E-state index in [4.69, 9.17) is 15.6 Å². The second-order valence-corrected chi connectivity index (χ2v) is 6.05. The van der Waals surface area contributed by atoms with E-state index in [1.54, 1.807) is 6.20 Å². The number of hydrogen-bond donors (Lipinski definition) is 5. The van der Waals surface area contributed by atoms with Crippen molar-refractivity contribution in [2.24, 2.45) is 0 Å². The number of H-pyrrole nitrogens is 1. The lowest BCUT2D eigenvalue weighted by atomic mass is 10.1. The molecule has 0 amide bonds. The van der Waals surface area contributed by atoms with E-state index in [1.165, 1.54) is 0 Å². The Bertz CT molecular complexity index is 884. The maximum Gasteiger partial charge on any atom is 0.290 e. The van der Waals surface area contributed by atoms with Crippen LogP contribution in [0.15, 0.2) is 30.5 Å². The fourth-order valence-electron chi connectivity index (χ4n) is 3.12. The van der Waals surface area contributed by atoms with Gasteiger partial charge in [-0.25, -0.2) is 4.98 Å². The van der Waals surface area contributed by atoms with Crippen LogP contribution in [0.2, 0.25) is 0 Å². The Morgan fingerprint density at radius 3 is 2.73 bits per heavy atom. The monoisotopic (exact) mass is 356 g/mol. The first-order valence-corrected chi connectivity index (χ1v) is 8.20. The van der Waals surface area contributed by atoms with Gasteiger partial charge in [-0.15, -0.1) is 0 Å². The Balaban J connectivity index is 0.000000613. The summed E-state index contributed by atoms with van der Waals surface area (Å²) in [7, 11) is 0. The molecule has 1 saturated carbocycles. The van der Waals surface area contributed by atoms with Crippen LogP contribution in [0.1, 0.15) is 19.3 Å². The number of carbonyl (C=O) groups is 1. The molecule has 136 valence electrons. The molecule has 0 saturated heterocycles. The molecule has 1 fully saturated rings. The number of aliphatic hydroxyl groups excluding tert-OH is 1. The first-order chi connectivity index (χ1) is 12.6. The van der Waals surface area contributed by atoms with E-state index in [-0.39, 0.29) is 24.6 Å². The summed E-state index contributed by atoms with van der Waals surface area (Å²) < 4.78 is 0. The van der Waals surface area contributed by atoms with Gasteiger partial charge in [-0.05, 0) is 37.5 Å². The van der Waals surface area contributed by atoms with Crippen LogP contribution in [0.4, 0.5) is 11.8 Å². The highest BCUT2D eigenvalue weighted by molar-refractivity contribution is 5.92. The highest BCUT2D eigenvalue weighted by Gasteiger charge is 2.23. The quantitative estimate of drug-likeness (QED) is 0.444. The van der Waals surface area contributed by atoms with Gasteiger partial charge in [-0.3, -0.25) is 9.89 Å². The van der Waals surface area contributed by atoms with E-state index in [2.05, 4.69) is 25.5 Å². The van der Waals surface area contributed by atoms with Crippen molar-refractivity contribution in [1.82, 2.24) is 20.2 Å². The van der Waals surface area contributed by atoms with Crippen molar-refractivity contribution < 1.29 is 15.0 Å². The van der Waals surface area contributed by atoms with Gasteiger partial charge in [0, 0.05) is 23.2 Å². The number of nitrogens with two attached hydrogens (primary N) is 1. The summed E-state index contributed by atoms with van der Waals surface area (Å²) in [6.45, 7) is -0.250. The topological polar surface area (TPSA) is 150 Å². The molecule has 2 heterocycles. The zero-order chi connectivity index (χ0) is 18.5. The molecule has 3 aromatic rings. The van der Waals surface area contributed by atoms with Crippen molar-refractivity contribution >= 4 is 29.1 Å². The largest absolute Gasteiger partial charge is 0.483 e. The first kappa shape index (κ1) is 17.6. The third-order valence-corrected chi connectivity index (χ3v) is 4.27. The number of nitrogen functional groups attached to an aromatic ring is 1. The lowest BCUT2D eigenvalue weighted by Gasteiger charge is -2.15. The van der Waals surface area contributed by atoms with E-state index < -0.39 is 0 Å². The zero-order valence-electron chi connectivity index (χ0n) is 14.0. The molecule has 9 nitrogen and oxygen atoms in total. The molecule has 0 spiro atoms. The second-order valence-electron chi connectivity index (χ2n) is 6.05. The molecule has 0 radical (unpaired) electrons. The van der Waals surface area contributed by atoms with Gasteiger partial charge in [0.15, 0.2) is 0 Å². The number of nitrogens with one attached hydrogen (secondary N) is 2. The molecule has 4 rings (SSSR count). The molecule has 26 heavy (non-hydrogen) atoms. The van der Waals surface area contributed by atoms with E-state index in [9.17, 15) is 5.11 Å². The predicted molar refractivity (Wildman–Crippen MR) is 97.5 cm³/mol. The maximum absolute atomic E-state index is 9.68. The van der Waals surface area contributed by atoms with Crippen molar-refractivity contribution in [2.45, 2.75) is 31.4 Å². The highest BCUT2D eigenvalue weighted by Crippen LogP contribution is 2.29. The third-order valence-electron chi connectivity index (χ3n) is 4.27. The summed E-state index contributed by atoms with van der Waals surface area (Å²) in [5.74, 6) is 0.961. The maximum atomic E-state index is 9.68. The van der Waals surface area contributed by atoms with E-state index in [1.807, 2.05) is 24.3 Å². The molecule has 0 aliphatic heterocycles. The number of nitrogens with zero attached hydrogens (tertiary/aromatic N) is 3. The van der Waals surface area contributed by atoms with Gasteiger partial charge in [0.25, 0.3) is 6.47 Å². The summed E-state index contributed by atoms with van der Waals surface area (Å²) in [6.07, 6.45) is 3.97. The average Bonchev–Trinajstić information content (AvgIpc) is 3.27. The summed E-state index contributed by atoms with van der Waals surface area (Å²) in [6, 6.07) is 8.08. The van der Waals surface area contributed by atoms with Crippen molar-refractivity contribution in [3.63, 3.8) is 0 Å². The van der Waals surface area contributed by atoms with Gasteiger partial charge in [0.1, 0.15) is 5.82 Å². The van der Waals surface area contributed by atoms with Crippen LogP contribution < -0.4 is 11.1 Å². The number of carboxylic acid groups (broad SMARTS) is 1. The van der Waals surface area contributed by atoms with Crippen molar-refractivity contribution in [3.8, 4) is 11.3 Å². The van der Waals surface area contributed by atoms with Crippen LogP contribution in [0.5, 0.6) is 0 Å². The van der Waals surface area contributed by atoms with Gasteiger partial charge in [0.05, 0.1) is 17.3 Å². The Hall–Kier alpha value is -3.20. The van der Waals surface area contributed by atoms with Gasteiger partial charge >= 0.3 is 0 Å². The Kier molecular flexibility index (Phi) is 5.28. The van der Waals surface area contributed by atoms with Crippen LogP contribution in [-0.4, -0.2) is 49.0 Å². The van der Waals surface area contributed by atoms with Crippen LogP contribution in [0, 0.1) is 0 Å². The summed E-state index contributed by atoms with van der Waals surface area (Å²) in [5, 5.41) is 27.8. The number of hydrogen-bond acceptors (Lipinski definition) is 7. The lowest BCUT2D eigenvalue weighted by molar-refractivity contribution is -0.122. The number of aromatic amines is 1.